The third kappa shape index (κ3) is 5.86. The van der Waals surface area contributed by atoms with Crippen molar-refractivity contribution < 1.29 is 36.5 Å². The summed E-state index contributed by atoms with van der Waals surface area (Å²) in [7, 11) is 3.81. The summed E-state index contributed by atoms with van der Waals surface area (Å²) in [5.41, 5.74) is 2.18. The van der Waals surface area contributed by atoms with Crippen LogP contribution >= 0.6 is 11.6 Å². The van der Waals surface area contributed by atoms with Crippen LogP contribution in [-0.2, 0) is 6.18 Å². The molecule has 5 atom stereocenters. The number of halogens is 6. The van der Waals surface area contributed by atoms with Crippen molar-refractivity contribution in [2.75, 3.05) is 64.1 Å². The lowest BCUT2D eigenvalue weighted by molar-refractivity contribution is -0.137. The van der Waals surface area contributed by atoms with Crippen LogP contribution in [0.4, 0.5) is 33.5 Å². The highest BCUT2D eigenvalue weighted by atomic mass is 35.5. The number of hydrogen-bond donors (Lipinski definition) is 2. The predicted molar refractivity (Wildman–Crippen MR) is 170 cm³/mol. The largest absolute Gasteiger partial charge is 0.477 e. The highest BCUT2D eigenvalue weighted by Gasteiger charge is 2.50. The van der Waals surface area contributed by atoms with Gasteiger partial charge in [0.25, 0.3) is 0 Å². The Bertz CT molecular complexity index is 1730. The zero-order chi connectivity index (χ0) is 34.1. The molecule has 5 heterocycles. The van der Waals surface area contributed by atoms with Gasteiger partial charge in [-0.15, -0.1) is 0 Å². The topological polar surface area (TPSA) is 113 Å². The second-order valence-electron chi connectivity index (χ2n) is 13.7. The van der Waals surface area contributed by atoms with E-state index in [1.54, 1.807) is 0 Å². The number of pyridine rings is 1. The Morgan fingerprint density at radius 1 is 1.21 bits per heavy atom. The number of hydrogen-bond acceptors (Lipinski definition) is 10. The first-order valence-electron chi connectivity index (χ1n) is 16.1. The van der Waals surface area contributed by atoms with Gasteiger partial charge in [-0.1, -0.05) is 11.6 Å². The Morgan fingerprint density at radius 2 is 2.00 bits per heavy atom. The number of benzene rings is 1. The number of likely N-dealkylation sites (N-methyl/N-ethyl adjacent to an activating group) is 1. The van der Waals surface area contributed by atoms with E-state index in [1.165, 1.54) is 0 Å². The van der Waals surface area contributed by atoms with Crippen molar-refractivity contribution in [2.24, 2.45) is 5.92 Å². The molecule has 0 bridgehead atoms. The lowest BCUT2D eigenvalue weighted by atomic mass is 9.95. The molecule has 3 aliphatic heterocycles. The molecule has 3 aromatic rings. The number of ether oxygens (including phenoxy) is 2. The van der Waals surface area contributed by atoms with Crippen LogP contribution in [0.25, 0.3) is 22.2 Å². The lowest BCUT2D eigenvalue weighted by Crippen LogP contribution is -2.45. The van der Waals surface area contributed by atoms with Crippen LogP contribution in [0.3, 0.4) is 0 Å². The average Bonchev–Trinajstić information content (AvgIpc) is 3.65. The molecule has 3 unspecified atom stereocenters. The summed E-state index contributed by atoms with van der Waals surface area (Å²) in [6, 6.07) is 1.45. The zero-order valence-corrected chi connectivity index (χ0v) is 27.3. The van der Waals surface area contributed by atoms with Crippen molar-refractivity contribution in [3.63, 3.8) is 0 Å². The second-order valence-corrected chi connectivity index (χ2v) is 14.1. The normalized spacial score (nSPS) is 27.2. The standard InChI is InChI=1S/C32H37ClF5N7O3/c1-43(2)6-7-45-22-11-19(46)8-16(22)14-47-29-23-27(25(35)26(40-29)20-9-18(39)10-21(33)24(20)32(36,37)38)41-30(42-28(23)45)48-15-31-4-3-5-44(31)13-17(34)12-31/h9-10,16-17,19,22,46H,3-8,11-15,39H2,1-2H3/t16?,17-,19?,22?,31+/m1/s1. The van der Waals surface area contributed by atoms with Gasteiger partial charge in [-0.05, 0) is 58.5 Å². The molecule has 2 saturated heterocycles. The maximum atomic E-state index is 16.9. The third-order valence-corrected chi connectivity index (χ3v) is 10.4. The molecule has 0 radical (unpaired) electrons. The maximum Gasteiger partial charge on any atom is 0.418 e. The summed E-state index contributed by atoms with van der Waals surface area (Å²) in [4.78, 5) is 19.5. The van der Waals surface area contributed by atoms with Crippen molar-refractivity contribution in [1.82, 2.24) is 24.8 Å². The second kappa shape index (κ2) is 12.3. The number of nitrogens with two attached hydrogens (primary N) is 1. The molecule has 0 spiro atoms. The number of alkyl halides is 4. The van der Waals surface area contributed by atoms with Gasteiger partial charge in [-0.2, -0.15) is 23.1 Å². The van der Waals surface area contributed by atoms with Gasteiger partial charge in [0.15, 0.2) is 5.82 Å². The molecule has 7 rings (SSSR count). The van der Waals surface area contributed by atoms with E-state index in [4.69, 9.17) is 31.8 Å². The molecule has 1 aliphatic carbocycles. The molecule has 260 valence electrons. The quantitative estimate of drug-likeness (QED) is 0.260. The van der Waals surface area contributed by atoms with E-state index >= 15 is 4.39 Å². The van der Waals surface area contributed by atoms with Crippen molar-refractivity contribution in [3.8, 4) is 23.1 Å². The maximum absolute atomic E-state index is 16.9. The van der Waals surface area contributed by atoms with Gasteiger partial charge in [-0.3, -0.25) is 4.90 Å². The first-order chi connectivity index (χ1) is 22.7. The predicted octanol–water partition coefficient (Wildman–Crippen LogP) is 4.94. The Labute approximate surface area is 279 Å². The van der Waals surface area contributed by atoms with Crippen LogP contribution in [0.5, 0.6) is 11.9 Å². The van der Waals surface area contributed by atoms with Gasteiger partial charge in [-0.25, -0.2) is 13.8 Å². The Kier molecular flexibility index (Phi) is 8.48. The van der Waals surface area contributed by atoms with Gasteiger partial charge >= 0.3 is 12.2 Å². The number of rotatable bonds is 7. The molecule has 0 amide bonds. The highest BCUT2D eigenvalue weighted by molar-refractivity contribution is 6.32. The van der Waals surface area contributed by atoms with E-state index in [0.717, 1.165) is 25.1 Å². The van der Waals surface area contributed by atoms with Gasteiger partial charge in [0.2, 0.25) is 5.88 Å². The van der Waals surface area contributed by atoms with Gasteiger partial charge in [0.05, 0.1) is 28.8 Å². The molecule has 2 aromatic heterocycles. The lowest BCUT2D eigenvalue weighted by Gasteiger charge is -2.37. The van der Waals surface area contributed by atoms with Crippen LogP contribution in [0.2, 0.25) is 5.02 Å². The minimum Gasteiger partial charge on any atom is -0.477 e. The highest BCUT2D eigenvalue weighted by Crippen LogP contribution is 2.48. The van der Waals surface area contributed by atoms with E-state index in [2.05, 4.69) is 14.9 Å². The van der Waals surface area contributed by atoms with Crippen LogP contribution in [0.1, 0.15) is 37.7 Å². The first-order valence-corrected chi connectivity index (χ1v) is 16.4. The van der Waals surface area contributed by atoms with Gasteiger partial charge < -0.3 is 30.1 Å². The molecular weight excluding hydrogens is 661 g/mol. The Morgan fingerprint density at radius 3 is 2.75 bits per heavy atom. The number of aliphatic hydroxyl groups excluding tert-OH is 1. The molecule has 48 heavy (non-hydrogen) atoms. The SMILES string of the molecule is CN(C)CCN1c2nc(OC[C@@]34CCCN3C[C@H](F)C4)nc3c(F)c(-c4cc(N)cc(Cl)c4C(F)(F)F)nc(c23)OCC2CC(O)CC21. The summed E-state index contributed by atoms with van der Waals surface area (Å²) in [5.74, 6) is -1.30. The van der Waals surface area contributed by atoms with Crippen LogP contribution in [0.15, 0.2) is 12.1 Å². The molecule has 3 N–H and O–H groups in total. The number of aromatic nitrogens is 3. The molecule has 3 fully saturated rings. The Balaban J connectivity index is 1.44. The fraction of sp³-hybridized carbons (Fsp3) is 0.594. The summed E-state index contributed by atoms with van der Waals surface area (Å²) in [6.45, 7) is 2.12. The number of nitrogens with zero attached hydrogens (tertiary/aromatic N) is 6. The minimum absolute atomic E-state index is 0.0484. The van der Waals surface area contributed by atoms with E-state index in [0.29, 0.717) is 38.9 Å². The van der Waals surface area contributed by atoms with Crippen molar-refractivity contribution in [2.45, 2.75) is 62.1 Å². The molecule has 10 nitrogen and oxygen atoms in total. The van der Waals surface area contributed by atoms with Crippen LogP contribution in [0, 0.1) is 11.7 Å². The number of anilines is 2. The first kappa shape index (κ1) is 33.2. The fourth-order valence-electron chi connectivity index (χ4n) is 7.97. The van der Waals surface area contributed by atoms with E-state index in [9.17, 15) is 22.7 Å². The number of nitrogen functional groups attached to an aromatic ring is 1. The number of fused-ring (bicyclic) bond motifs is 2. The average molecular weight is 698 g/mol. The zero-order valence-electron chi connectivity index (χ0n) is 26.5. The molecule has 1 aromatic carbocycles. The van der Waals surface area contributed by atoms with E-state index in [-0.39, 0.29) is 65.9 Å². The monoisotopic (exact) mass is 697 g/mol. The van der Waals surface area contributed by atoms with Crippen molar-refractivity contribution in [1.29, 1.82) is 0 Å². The van der Waals surface area contributed by atoms with E-state index < -0.39 is 51.7 Å². The Hall–Kier alpha value is -3.27. The molecule has 16 heteroatoms. The van der Waals surface area contributed by atoms with Gasteiger partial charge in [0, 0.05) is 49.3 Å². The summed E-state index contributed by atoms with van der Waals surface area (Å²) in [6.07, 6.45) is -3.94. The number of aliphatic hydroxyl groups is 1. The summed E-state index contributed by atoms with van der Waals surface area (Å²) in [5, 5.41) is 10.1. The van der Waals surface area contributed by atoms with Crippen LogP contribution in [-0.4, -0.2) is 107 Å². The van der Waals surface area contributed by atoms with Crippen LogP contribution < -0.4 is 20.1 Å². The molecule has 1 saturated carbocycles. The van der Waals surface area contributed by atoms with E-state index in [1.807, 2.05) is 23.9 Å². The van der Waals surface area contributed by atoms with Gasteiger partial charge in [0.1, 0.15) is 35.2 Å². The smallest absolute Gasteiger partial charge is 0.418 e. The minimum atomic E-state index is -4.97. The van der Waals surface area contributed by atoms with Crippen molar-refractivity contribution in [3.05, 3.63) is 28.5 Å². The third-order valence-electron chi connectivity index (χ3n) is 10.1. The summed E-state index contributed by atoms with van der Waals surface area (Å²) < 4.78 is 86.8. The molecular formula is C32H37ClF5N7O3. The summed E-state index contributed by atoms with van der Waals surface area (Å²) >= 11 is 6.04. The fourth-order valence-corrected chi connectivity index (χ4v) is 8.30. The molecule has 4 aliphatic rings. The van der Waals surface area contributed by atoms with Crippen molar-refractivity contribution >= 4 is 34.0 Å².